The largest absolute Gasteiger partial charge is 0.481 e. The maximum absolute atomic E-state index is 5.92. The lowest BCUT2D eigenvalue weighted by Gasteiger charge is -2.31. The van der Waals surface area contributed by atoms with E-state index in [0.717, 1.165) is 18.3 Å². The second-order valence-electron chi connectivity index (χ2n) is 4.44. The first-order valence-electron chi connectivity index (χ1n) is 5.72. The minimum Gasteiger partial charge on any atom is -0.481 e. The Balaban J connectivity index is 2.10. The molecule has 1 heterocycles. The summed E-state index contributed by atoms with van der Waals surface area (Å²) < 4.78 is 5.11. The summed E-state index contributed by atoms with van der Waals surface area (Å²) >= 11 is 0. The molecule has 16 heavy (non-hydrogen) atoms. The lowest BCUT2D eigenvalue weighted by Crippen LogP contribution is -2.30. The maximum Gasteiger partial charge on any atom is 0.215 e. The zero-order valence-corrected chi connectivity index (χ0v) is 9.94. The first-order valence-corrected chi connectivity index (χ1v) is 5.72. The molecule has 4 heteroatoms. The molecular weight excluding hydrogens is 202 g/mol. The summed E-state index contributed by atoms with van der Waals surface area (Å²) in [5.74, 6) is 2.24. The van der Waals surface area contributed by atoms with Crippen LogP contribution >= 0.6 is 0 Å². The fraction of sp³-hybridized carbons (Fsp3) is 0.583. The zero-order valence-electron chi connectivity index (χ0n) is 9.94. The average Bonchev–Trinajstić information content (AvgIpc) is 2.24. The number of hydrogen-bond acceptors (Lipinski definition) is 4. The molecule has 0 radical (unpaired) electrons. The highest BCUT2D eigenvalue weighted by Crippen LogP contribution is 2.30. The molecule has 1 saturated carbocycles. The number of rotatable bonds is 4. The van der Waals surface area contributed by atoms with Gasteiger partial charge in [-0.2, -0.15) is 4.98 Å². The highest BCUT2D eigenvalue weighted by molar-refractivity contribution is 5.63. The van der Waals surface area contributed by atoms with E-state index in [9.17, 15) is 0 Å². The molecule has 2 N–H and O–H groups in total. The summed E-state index contributed by atoms with van der Waals surface area (Å²) in [5.41, 5.74) is 6.63. The molecule has 0 spiro atoms. The van der Waals surface area contributed by atoms with Gasteiger partial charge in [-0.15, -0.1) is 0 Å². The van der Waals surface area contributed by atoms with Crippen molar-refractivity contribution in [2.75, 3.05) is 31.3 Å². The number of nitrogen functional groups attached to an aromatic ring is 1. The van der Waals surface area contributed by atoms with Crippen molar-refractivity contribution in [1.82, 2.24) is 4.98 Å². The van der Waals surface area contributed by atoms with Crippen LogP contribution < -0.4 is 15.4 Å². The minimum absolute atomic E-state index is 0.615. The highest BCUT2D eigenvalue weighted by Gasteiger charge is 2.20. The van der Waals surface area contributed by atoms with Gasteiger partial charge in [0, 0.05) is 19.7 Å². The third-order valence-electron chi connectivity index (χ3n) is 3.21. The lowest BCUT2D eigenvalue weighted by molar-refractivity contribution is 0.320. The second-order valence-corrected chi connectivity index (χ2v) is 4.44. The van der Waals surface area contributed by atoms with Crippen molar-refractivity contribution in [2.45, 2.75) is 19.3 Å². The Kier molecular flexibility index (Phi) is 3.17. The van der Waals surface area contributed by atoms with Crippen molar-refractivity contribution in [1.29, 1.82) is 0 Å². The van der Waals surface area contributed by atoms with Crippen molar-refractivity contribution >= 4 is 11.5 Å². The van der Waals surface area contributed by atoms with Crippen molar-refractivity contribution in [3.8, 4) is 5.88 Å². The Labute approximate surface area is 96.4 Å². The van der Waals surface area contributed by atoms with Crippen molar-refractivity contribution < 1.29 is 4.74 Å². The third-order valence-corrected chi connectivity index (χ3v) is 3.21. The predicted octanol–water partition coefficient (Wildman–Crippen LogP) is 1.91. The van der Waals surface area contributed by atoms with Gasteiger partial charge in [-0.25, -0.2) is 0 Å². The minimum atomic E-state index is 0.615. The molecule has 0 unspecified atom stereocenters. The molecule has 0 aliphatic heterocycles. The normalized spacial score (nSPS) is 15.6. The standard InChI is InChI=1S/C12H19N3O/c1-15(8-9-4-3-5-9)12-10(13)6-7-11(14-12)16-2/h6-7,9H,3-5,8,13H2,1-2H3. The summed E-state index contributed by atoms with van der Waals surface area (Å²) in [6.45, 7) is 1.03. The van der Waals surface area contributed by atoms with Gasteiger partial charge in [0.25, 0.3) is 0 Å². The molecule has 0 saturated heterocycles. The summed E-state index contributed by atoms with van der Waals surface area (Å²) in [6, 6.07) is 3.63. The molecule has 1 aliphatic carbocycles. The van der Waals surface area contributed by atoms with Crippen LogP contribution in [0.25, 0.3) is 0 Å². The molecule has 4 nitrogen and oxygen atoms in total. The average molecular weight is 221 g/mol. The van der Waals surface area contributed by atoms with Gasteiger partial charge in [0.15, 0.2) is 5.82 Å². The van der Waals surface area contributed by atoms with E-state index in [1.165, 1.54) is 19.3 Å². The molecule has 1 fully saturated rings. The molecule has 0 amide bonds. The van der Waals surface area contributed by atoms with E-state index in [1.807, 2.05) is 13.1 Å². The number of nitrogens with two attached hydrogens (primary N) is 1. The topological polar surface area (TPSA) is 51.4 Å². The van der Waals surface area contributed by atoms with E-state index >= 15 is 0 Å². The van der Waals surface area contributed by atoms with Crippen LogP contribution in [0.2, 0.25) is 0 Å². The summed E-state index contributed by atoms with van der Waals surface area (Å²) in [5, 5.41) is 0. The van der Waals surface area contributed by atoms with Gasteiger partial charge in [0.1, 0.15) is 0 Å². The van der Waals surface area contributed by atoms with E-state index in [-0.39, 0.29) is 0 Å². The van der Waals surface area contributed by atoms with Crippen LogP contribution in [0, 0.1) is 5.92 Å². The number of ether oxygens (including phenoxy) is 1. The first-order chi connectivity index (χ1) is 7.70. The Hall–Kier alpha value is -1.45. The Bertz CT molecular complexity index is 363. The number of nitrogens with zero attached hydrogens (tertiary/aromatic N) is 2. The van der Waals surface area contributed by atoms with Crippen LogP contribution in [0.3, 0.4) is 0 Å². The Morgan fingerprint density at radius 1 is 1.50 bits per heavy atom. The fourth-order valence-electron chi connectivity index (χ4n) is 2.01. The maximum atomic E-state index is 5.92. The number of methoxy groups -OCH3 is 1. The smallest absolute Gasteiger partial charge is 0.215 e. The molecule has 1 aromatic rings. The quantitative estimate of drug-likeness (QED) is 0.843. The molecule has 1 aromatic heterocycles. The van der Waals surface area contributed by atoms with Crippen molar-refractivity contribution in [3.05, 3.63) is 12.1 Å². The molecule has 2 rings (SSSR count). The molecule has 0 bridgehead atoms. The zero-order chi connectivity index (χ0) is 11.5. The summed E-state index contributed by atoms with van der Waals surface area (Å²) in [4.78, 5) is 6.51. The van der Waals surface area contributed by atoms with Crippen molar-refractivity contribution in [3.63, 3.8) is 0 Å². The molecule has 0 atom stereocenters. The number of pyridine rings is 1. The van der Waals surface area contributed by atoms with E-state index in [2.05, 4.69) is 9.88 Å². The van der Waals surface area contributed by atoms with Gasteiger partial charge in [-0.05, 0) is 24.8 Å². The predicted molar refractivity (Wildman–Crippen MR) is 65.8 cm³/mol. The number of hydrogen-bond donors (Lipinski definition) is 1. The van der Waals surface area contributed by atoms with Crippen LogP contribution in [0.5, 0.6) is 5.88 Å². The monoisotopic (exact) mass is 221 g/mol. The Morgan fingerprint density at radius 2 is 2.25 bits per heavy atom. The van der Waals surface area contributed by atoms with Crippen LogP contribution in [-0.4, -0.2) is 25.7 Å². The SMILES string of the molecule is COc1ccc(N)c(N(C)CC2CCC2)n1. The van der Waals surface area contributed by atoms with E-state index in [1.54, 1.807) is 13.2 Å². The highest BCUT2D eigenvalue weighted by atomic mass is 16.5. The van der Waals surface area contributed by atoms with Crippen LogP contribution in [0.15, 0.2) is 12.1 Å². The van der Waals surface area contributed by atoms with Gasteiger partial charge < -0.3 is 15.4 Å². The van der Waals surface area contributed by atoms with E-state index in [0.29, 0.717) is 11.6 Å². The van der Waals surface area contributed by atoms with E-state index < -0.39 is 0 Å². The molecular formula is C12H19N3O. The van der Waals surface area contributed by atoms with E-state index in [4.69, 9.17) is 10.5 Å². The van der Waals surface area contributed by atoms with Crippen LogP contribution in [0.1, 0.15) is 19.3 Å². The van der Waals surface area contributed by atoms with Crippen LogP contribution in [-0.2, 0) is 0 Å². The fourth-order valence-corrected chi connectivity index (χ4v) is 2.01. The van der Waals surface area contributed by atoms with Gasteiger partial charge in [0.2, 0.25) is 5.88 Å². The Morgan fingerprint density at radius 3 is 2.81 bits per heavy atom. The molecule has 88 valence electrons. The summed E-state index contributed by atoms with van der Waals surface area (Å²) in [6.07, 6.45) is 4.02. The van der Waals surface area contributed by atoms with Crippen molar-refractivity contribution in [2.24, 2.45) is 5.92 Å². The van der Waals surface area contributed by atoms with Gasteiger partial charge in [0.05, 0.1) is 12.8 Å². The summed E-state index contributed by atoms with van der Waals surface area (Å²) in [7, 11) is 3.66. The van der Waals surface area contributed by atoms with Crippen LogP contribution in [0.4, 0.5) is 11.5 Å². The molecule has 0 aromatic carbocycles. The number of aromatic nitrogens is 1. The molecule has 1 aliphatic rings. The third kappa shape index (κ3) is 2.21. The van der Waals surface area contributed by atoms with Gasteiger partial charge >= 0.3 is 0 Å². The first kappa shape index (κ1) is 11.0. The lowest BCUT2D eigenvalue weighted by atomic mass is 9.85. The second kappa shape index (κ2) is 4.60. The van der Waals surface area contributed by atoms with Gasteiger partial charge in [-0.1, -0.05) is 6.42 Å². The van der Waals surface area contributed by atoms with Gasteiger partial charge in [-0.3, -0.25) is 0 Å². The number of anilines is 2.